The van der Waals surface area contributed by atoms with Crippen molar-refractivity contribution in [2.75, 3.05) is 0 Å². The van der Waals surface area contributed by atoms with Crippen LogP contribution in [0.4, 0.5) is 0 Å². The van der Waals surface area contributed by atoms with Crippen molar-refractivity contribution in [1.29, 1.82) is 0 Å². The fourth-order valence-electron chi connectivity index (χ4n) is 0.813. The molecule has 0 radical (unpaired) electrons. The van der Waals surface area contributed by atoms with Crippen LogP contribution in [0.15, 0.2) is 30.3 Å². The van der Waals surface area contributed by atoms with Crippen LogP contribution in [0.3, 0.4) is 0 Å². The van der Waals surface area contributed by atoms with Gasteiger partial charge in [-0.2, -0.15) is 0 Å². The van der Waals surface area contributed by atoms with Crippen molar-refractivity contribution >= 4 is 23.6 Å². The molecule has 3 nitrogen and oxygen atoms in total. The summed E-state index contributed by atoms with van der Waals surface area (Å²) >= 11 is 5.81. The minimum Gasteiger partial charge on any atom is -0.288 e. The van der Waals surface area contributed by atoms with E-state index in [0.717, 1.165) is 5.56 Å². The third-order valence-corrected chi connectivity index (χ3v) is 1.77. The fourth-order valence-corrected chi connectivity index (χ4v) is 1.01. The monoisotopic (exact) mass is 197 g/mol. The van der Waals surface area contributed by atoms with Crippen LogP contribution in [0.2, 0.25) is 5.02 Å². The van der Waals surface area contributed by atoms with Gasteiger partial charge >= 0.3 is 0 Å². The maximum absolute atomic E-state index is 10.6. The van der Waals surface area contributed by atoms with Crippen LogP contribution < -0.4 is 5.48 Å². The molecule has 0 bridgehead atoms. The molecule has 13 heavy (non-hydrogen) atoms. The van der Waals surface area contributed by atoms with Gasteiger partial charge in [0.1, 0.15) is 0 Å². The van der Waals surface area contributed by atoms with Gasteiger partial charge in [-0.1, -0.05) is 29.8 Å². The average molecular weight is 198 g/mol. The summed E-state index contributed by atoms with van der Waals surface area (Å²) in [4.78, 5) is 10.6. The highest BCUT2D eigenvalue weighted by Gasteiger charge is 1.94. The molecule has 0 heterocycles. The van der Waals surface area contributed by atoms with Gasteiger partial charge < -0.3 is 0 Å². The highest BCUT2D eigenvalue weighted by atomic mass is 35.5. The molecule has 68 valence electrons. The van der Waals surface area contributed by atoms with Crippen LogP contribution in [-0.2, 0) is 4.79 Å². The Kier molecular flexibility index (Phi) is 3.49. The molecule has 0 aliphatic rings. The summed E-state index contributed by atoms with van der Waals surface area (Å²) in [5, 5.41) is 8.76. The van der Waals surface area contributed by atoms with Crippen molar-refractivity contribution in [2.24, 2.45) is 0 Å². The van der Waals surface area contributed by atoms with Crippen molar-refractivity contribution in [3.05, 3.63) is 40.9 Å². The number of amides is 1. The molecule has 4 heteroatoms. The first-order valence-corrected chi connectivity index (χ1v) is 3.98. The summed E-state index contributed by atoms with van der Waals surface area (Å²) in [5.74, 6) is -0.583. The molecular weight excluding hydrogens is 190 g/mol. The molecule has 0 saturated heterocycles. The predicted molar refractivity (Wildman–Crippen MR) is 50.4 cm³/mol. The third-order valence-electron chi connectivity index (χ3n) is 1.43. The molecule has 0 spiro atoms. The van der Waals surface area contributed by atoms with E-state index in [1.54, 1.807) is 18.2 Å². The lowest BCUT2D eigenvalue weighted by atomic mass is 10.2. The van der Waals surface area contributed by atoms with E-state index < -0.39 is 5.91 Å². The van der Waals surface area contributed by atoms with E-state index in [1.165, 1.54) is 17.6 Å². The normalized spacial score (nSPS) is 10.3. The van der Waals surface area contributed by atoms with Gasteiger partial charge in [-0.25, -0.2) is 5.48 Å². The zero-order chi connectivity index (χ0) is 9.68. The standard InChI is InChI=1S/C9H8ClNO2/c10-8-4-2-1-3-7(8)5-6-9(12)11-13/h1-6,13H,(H,11,12). The summed E-state index contributed by atoms with van der Waals surface area (Å²) in [6.07, 6.45) is 2.72. The van der Waals surface area contributed by atoms with E-state index in [4.69, 9.17) is 16.8 Å². The lowest BCUT2D eigenvalue weighted by Crippen LogP contribution is -2.14. The van der Waals surface area contributed by atoms with Gasteiger partial charge in [0.05, 0.1) is 0 Å². The van der Waals surface area contributed by atoms with E-state index in [0.29, 0.717) is 5.02 Å². The van der Waals surface area contributed by atoms with Crippen LogP contribution in [-0.4, -0.2) is 11.1 Å². The number of hydrogen-bond donors (Lipinski definition) is 2. The Bertz CT molecular complexity index is 336. The molecule has 0 aromatic heterocycles. The molecule has 1 aromatic carbocycles. The van der Waals surface area contributed by atoms with Crippen LogP contribution in [0.25, 0.3) is 6.08 Å². The smallest absolute Gasteiger partial charge is 0.267 e. The van der Waals surface area contributed by atoms with Crippen molar-refractivity contribution in [2.45, 2.75) is 0 Å². The van der Waals surface area contributed by atoms with Crippen LogP contribution in [0.5, 0.6) is 0 Å². The zero-order valence-electron chi connectivity index (χ0n) is 6.70. The molecule has 2 N–H and O–H groups in total. The first kappa shape index (κ1) is 9.77. The number of carbonyl (C=O) groups excluding carboxylic acids is 1. The van der Waals surface area contributed by atoms with Gasteiger partial charge in [0, 0.05) is 11.1 Å². The van der Waals surface area contributed by atoms with Gasteiger partial charge in [0.15, 0.2) is 0 Å². The quantitative estimate of drug-likeness (QED) is 0.432. The van der Waals surface area contributed by atoms with Crippen molar-refractivity contribution in [3.8, 4) is 0 Å². The second-order valence-corrected chi connectivity index (χ2v) is 2.74. The summed E-state index contributed by atoms with van der Waals surface area (Å²) < 4.78 is 0. The molecular formula is C9H8ClNO2. The fraction of sp³-hybridized carbons (Fsp3) is 0. The van der Waals surface area contributed by atoms with Crippen LogP contribution in [0.1, 0.15) is 5.56 Å². The Morgan fingerprint density at radius 3 is 2.77 bits per heavy atom. The van der Waals surface area contributed by atoms with Gasteiger partial charge in [0.25, 0.3) is 5.91 Å². The third kappa shape index (κ3) is 2.89. The summed E-state index contributed by atoms with van der Waals surface area (Å²) in [6.45, 7) is 0. The number of benzene rings is 1. The topological polar surface area (TPSA) is 49.3 Å². The number of carbonyl (C=O) groups is 1. The highest BCUT2D eigenvalue weighted by Crippen LogP contribution is 2.15. The van der Waals surface area contributed by atoms with E-state index in [9.17, 15) is 4.79 Å². The van der Waals surface area contributed by atoms with Gasteiger partial charge in [-0.3, -0.25) is 10.0 Å². The second kappa shape index (κ2) is 4.64. The molecule has 0 aliphatic carbocycles. The van der Waals surface area contributed by atoms with Crippen LogP contribution in [0, 0.1) is 0 Å². The van der Waals surface area contributed by atoms with E-state index in [2.05, 4.69) is 0 Å². The number of nitrogens with one attached hydrogen (secondary N) is 1. The first-order chi connectivity index (χ1) is 6.24. The minimum absolute atomic E-state index is 0.560. The Hall–Kier alpha value is -1.32. The summed E-state index contributed by atoms with van der Waals surface area (Å²) in [5.41, 5.74) is 2.22. The molecule has 1 aromatic rings. The SMILES string of the molecule is O=C(C=Cc1ccccc1Cl)NO. The van der Waals surface area contributed by atoms with E-state index in [1.807, 2.05) is 6.07 Å². The Morgan fingerprint density at radius 1 is 1.46 bits per heavy atom. The Morgan fingerprint density at radius 2 is 2.15 bits per heavy atom. The highest BCUT2D eigenvalue weighted by molar-refractivity contribution is 6.32. The molecule has 0 unspecified atom stereocenters. The maximum atomic E-state index is 10.6. The summed E-state index contributed by atoms with van der Waals surface area (Å²) in [7, 11) is 0. The number of hydrogen-bond acceptors (Lipinski definition) is 2. The van der Waals surface area contributed by atoms with E-state index in [-0.39, 0.29) is 0 Å². The molecule has 0 fully saturated rings. The molecule has 0 saturated carbocycles. The molecule has 0 aliphatic heterocycles. The average Bonchev–Trinajstić information content (AvgIpc) is 2.16. The second-order valence-electron chi connectivity index (χ2n) is 2.33. The predicted octanol–water partition coefficient (Wildman–Crippen LogP) is 1.86. The van der Waals surface area contributed by atoms with Gasteiger partial charge in [0.2, 0.25) is 0 Å². The largest absolute Gasteiger partial charge is 0.288 e. The van der Waals surface area contributed by atoms with Gasteiger partial charge in [-0.05, 0) is 17.7 Å². The molecule has 1 rings (SSSR count). The van der Waals surface area contributed by atoms with Crippen LogP contribution >= 0.6 is 11.6 Å². The lowest BCUT2D eigenvalue weighted by molar-refractivity contribution is -0.124. The Labute approximate surface area is 80.6 Å². The first-order valence-electron chi connectivity index (χ1n) is 3.60. The maximum Gasteiger partial charge on any atom is 0.267 e. The molecule has 1 amide bonds. The zero-order valence-corrected chi connectivity index (χ0v) is 7.45. The van der Waals surface area contributed by atoms with Gasteiger partial charge in [-0.15, -0.1) is 0 Å². The Balaban J connectivity index is 2.80. The van der Waals surface area contributed by atoms with Crippen molar-refractivity contribution in [3.63, 3.8) is 0 Å². The summed E-state index contributed by atoms with van der Waals surface area (Å²) in [6, 6.07) is 7.09. The number of hydroxylamine groups is 1. The van der Waals surface area contributed by atoms with Crippen molar-refractivity contribution in [1.82, 2.24) is 5.48 Å². The van der Waals surface area contributed by atoms with Crippen molar-refractivity contribution < 1.29 is 10.0 Å². The number of rotatable bonds is 2. The molecule has 0 atom stereocenters. The number of halogens is 1. The lowest BCUT2D eigenvalue weighted by Gasteiger charge is -1.95. The minimum atomic E-state index is -0.583. The van der Waals surface area contributed by atoms with E-state index >= 15 is 0 Å².